The van der Waals surface area contributed by atoms with Crippen LogP contribution >= 0.6 is 11.6 Å². The summed E-state index contributed by atoms with van der Waals surface area (Å²) in [6, 6.07) is 11.4. The van der Waals surface area contributed by atoms with E-state index in [2.05, 4.69) is 15.1 Å². The van der Waals surface area contributed by atoms with Crippen LogP contribution in [0.3, 0.4) is 0 Å². The summed E-state index contributed by atoms with van der Waals surface area (Å²) in [6.45, 7) is 2.94. The van der Waals surface area contributed by atoms with Gasteiger partial charge < -0.3 is 21.1 Å². The zero-order valence-corrected chi connectivity index (χ0v) is 19.7. The third-order valence-corrected chi connectivity index (χ3v) is 7.18. The summed E-state index contributed by atoms with van der Waals surface area (Å²) in [6.07, 6.45) is 4.51. The Labute approximate surface area is 203 Å². The van der Waals surface area contributed by atoms with Gasteiger partial charge in [-0.3, -0.25) is 14.5 Å². The number of anilines is 2. The van der Waals surface area contributed by atoms with Crippen molar-refractivity contribution in [1.29, 1.82) is 0 Å². The first kappa shape index (κ1) is 24.0. The molecular formula is C25H29ClN4O4. The molecule has 4 N–H and O–H groups in total. The summed E-state index contributed by atoms with van der Waals surface area (Å²) in [4.78, 5) is 41.4. The number of halogens is 1. The van der Waals surface area contributed by atoms with E-state index in [1.54, 1.807) is 36.4 Å². The number of carbonyl (C=O) groups is 3. The number of hydrogen-bond acceptors (Lipinski definition) is 5. The van der Waals surface area contributed by atoms with E-state index in [4.69, 9.17) is 17.3 Å². The van der Waals surface area contributed by atoms with Crippen LogP contribution in [0.1, 0.15) is 52.8 Å². The smallest absolute Gasteiger partial charge is 0.337 e. The normalized spacial score (nSPS) is 18.3. The number of nitrogens with one attached hydrogen (secondary N) is 1. The minimum absolute atomic E-state index is 0.00403. The van der Waals surface area contributed by atoms with Crippen LogP contribution in [0.5, 0.6) is 0 Å². The summed E-state index contributed by atoms with van der Waals surface area (Å²) in [7, 11) is 0. The van der Waals surface area contributed by atoms with Crippen molar-refractivity contribution in [2.75, 3.05) is 36.4 Å². The summed E-state index contributed by atoms with van der Waals surface area (Å²) < 4.78 is 0. The van der Waals surface area contributed by atoms with Crippen LogP contribution < -0.4 is 16.0 Å². The van der Waals surface area contributed by atoms with E-state index in [-0.39, 0.29) is 17.2 Å². The standard InChI is InChI=1S/C25H29ClN4O4/c26-18-6-4-5-17(15-18)22(31)28-21-8-7-19(16-20(21)23(32)33)29-13-9-25(10-14-29,24(27)34)30-11-2-1-3-12-30/h4-8,15-16H,1-3,9-14H2,(H2,27,34)(H,28,31)(H,32,33). The number of hydrogen-bond donors (Lipinski definition) is 3. The molecule has 2 saturated heterocycles. The Balaban J connectivity index is 1.51. The Kier molecular flexibility index (Phi) is 7.09. The third kappa shape index (κ3) is 4.88. The maximum Gasteiger partial charge on any atom is 0.337 e. The lowest BCUT2D eigenvalue weighted by atomic mass is 9.83. The van der Waals surface area contributed by atoms with Gasteiger partial charge in [0, 0.05) is 29.4 Å². The van der Waals surface area contributed by atoms with Crippen LogP contribution in [-0.2, 0) is 4.79 Å². The van der Waals surface area contributed by atoms with E-state index in [1.807, 2.05) is 0 Å². The van der Waals surface area contributed by atoms with Gasteiger partial charge in [0.05, 0.1) is 11.3 Å². The molecule has 0 atom stereocenters. The monoisotopic (exact) mass is 484 g/mol. The number of carboxylic acids is 1. The molecule has 2 aliphatic heterocycles. The molecule has 0 bridgehead atoms. The number of nitrogens with zero attached hydrogens (tertiary/aromatic N) is 2. The summed E-state index contributed by atoms with van der Waals surface area (Å²) in [5, 5.41) is 12.9. The highest BCUT2D eigenvalue weighted by atomic mass is 35.5. The van der Waals surface area contributed by atoms with Crippen molar-refractivity contribution >= 4 is 40.8 Å². The maximum atomic E-state index is 12.6. The Morgan fingerprint density at radius 1 is 0.971 bits per heavy atom. The van der Waals surface area contributed by atoms with Crippen molar-refractivity contribution in [3.05, 3.63) is 58.6 Å². The molecule has 0 aliphatic carbocycles. The van der Waals surface area contributed by atoms with Crippen LogP contribution in [0.2, 0.25) is 5.02 Å². The molecule has 2 heterocycles. The average molecular weight is 485 g/mol. The lowest BCUT2D eigenvalue weighted by molar-refractivity contribution is -0.132. The van der Waals surface area contributed by atoms with Crippen molar-refractivity contribution in [1.82, 2.24) is 4.90 Å². The molecule has 2 amide bonds. The van der Waals surface area contributed by atoms with E-state index in [9.17, 15) is 19.5 Å². The molecule has 0 radical (unpaired) electrons. The van der Waals surface area contributed by atoms with E-state index < -0.39 is 17.4 Å². The van der Waals surface area contributed by atoms with Gasteiger partial charge in [0.1, 0.15) is 5.54 Å². The number of carbonyl (C=O) groups excluding carboxylic acids is 2. The summed E-state index contributed by atoms with van der Waals surface area (Å²) in [5.41, 5.74) is 6.51. The second-order valence-electron chi connectivity index (χ2n) is 8.93. The molecule has 4 rings (SSSR count). The zero-order chi connectivity index (χ0) is 24.3. The van der Waals surface area contributed by atoms with E-state index >= 15 is 0 Å². The largest absolute Gasteiger partial charge is 0.478 e. The van der Waals surface area contributed by atoms with Gasteiger partial charge in [0.2, 0.25) is 5.91 Å². The molecule has 34 heavy (non-hydrogen) atoms. The van der Waals surface area contributed by atoms with Gasteiger partial charge in [0.15, 0.2) is 0 Å². The van der Waals surface area contributed by atoms with E-state index in [0.29, 0.717) is 36.5 Å². The van der Waals surface area contributed by atoms with Crippen LogP contribution in [-0.4, -0.2) is 59.5 Å². The molecular weight excluding hydrogens is 456 g/mol. The molecule has 2 aliphatic rings. The SMILES string of the molecule is NC(=O)C1(N2CCCCC2)CCN(c2ccc(NC(=O)c3cccc(Cl)c3)c(C(=O)O)c2)CC1. The predicted octanol–water partition coefficient (Wildman–Crippen LogP) is 3.60. The second kappa shape index (κ2) is 10.0. The molecule has 9 heteroatoms. The fourth-order valence-corrected chi connectivity index (χ4v) is 5.20. The number of primary amides is 1. The van der Waals surface area contributed by atoms with Crippen LogP contribution in [0.15, 0.2) is 42.5 Å². The number of piperidine rings is 2. The van der Waals surface area contributed by atoms with Gasteiger partial charge in [-0.1, -0.05) is 24.1 Å². The van der Waals surface area contributed by atoms with Gasteiger partial charge in [-0.05, 0) is 75.2 Å². The van der Waals surface area contributed by atoms with Crippen molar-refractivity contribution in [3.63, 3.8) is 0 Å². The fraction of sp³-hybridized carbons (Fsp3) is 0.400. The molecule has 0 spiro atoms. The van der Waals surface area contributed by atoms with Crippen LogP contribution in [0.25, 0.3) is 0 Å². The van der Waals surface area contributed by atoms with Crippen molar-refractivity contribution in [2.45, 2.75) is 37.6 Å². The zero-order valence-electron chi connectivity index (χ0n) is 18.9. The van der Waals surface area contributed by atoms with E-state index in [1.165, 1.54) is 12.5 Å². The minimum Gasteiger partial charge on any atom is -0.478 e. The molecule has 0 saturated carbocycles. The molecule has 8 nitrogen and oxygen atoms in total. The second-order valence-corrected chi connectivity index (χ2v) is 9.37. The highest BCUT2D eigenvalue weighted by molar-refractivity contribution is 6.31. The quantitative estimate of drug-likeness (QED) is 0.577. The Morgan fingerprint density at radius 2 is 1.68 bits per heavy atom. The molecule has 2 fully saturated rings. The molecule has 2 aromatic rings. The van der Waals surface area contributed by atoms with Crippen LogP contribution in [0, 0.1) is 0 Å². The first-order valence-corrected chi connectivity index (χ1v) is 11.9. The van der Waals surface area contributed by atoms with Crippen molar-refractivity contribution in [3.8, 4) is 0 Å². The van der Waals surface area contributed by atoms with Crippen molar-refractivity contribution < 1.29 is 19.5 Å². The fourth-order valence-electron chi connectivity index (χ4n) is 5.01. The van der Waals surface area contributed by atoms with Crippen LogP contribution in [0.4, 0.5) is 11.4 Å². The summed E-state index contributed by atoms with van der Waals surface area (Å²) >= 11 is 5.96. The number of nitrogens with two attached hydrogens (primary N) is 1. The minimum atomic E-state index is -1.14. The van der Waals surface area contributed by atoms with Gasteiger partial charge in [-0.25, -0.2) is 4.79 Å². The Hall–Kier alpha value is -3.10. The molecule has 180 valence electrons. The summed E-state index contributed by atoms with van der Waals surface area (Å²) in [5.74, 6) is -1.86. The number of amides is 2. The highest BCUT2D eigenvalue weighted by Crippen LogP contribution is 2.34. The predicted molar refractivity (Wildman–Crippen MR) is 132 cm³/mol. The first-order chi connectivity index (χ1) is 16.3. The molecule has 0 unspecified atom stereocenters. The number of aromatic carboxylic acids is 1. The third-order valence-electron chi connectivity index (χ3n) is 6.94. The topological polar surface area (TPSA) is 116 Å². The van der Waals surface area contributed by atoms with Gasteiger partial charge >= 0.3 is 5.97 Å². The highest BCUT2D eigenvalue weighted by Gasteiger charge is 2.45. The first-order valence-electron chi connectivity index (χ1n) is 11.5. The van der Waals surface area contributed by atoms with E-state index in [0.717, 1.165) is 31.6 Å². The van der Waals surface area contributed by atoms with Crippen molar-refractivity contribution in [2.24, 2.45) is 5.73 Å². The lowest BCUT2D eigenvalue weighted by Crippen LogP contribution is -2.63. The van der Waals surface area contributed by atoms with Gasteiger partial charge in [-0.2, -0.15) is 0 Å². The average Bonchev–Trinajstić information content (AvgIpc) is 2.84. The Morgan fingerprint density at radius 3 is 2.29 bits per heavy atom. The van der Waals surface area contributed by atoms with Gasteiger partial charge in [-0.15, -0.1) is 0 Å². The lowest BCUT2D eigenvalue weighted by Gasteiger charge is -2.48. The van der Waals surface area contributed by atoms with Gasteiger partial charge in [0.25, 0.3) is 5.91 Å². The molecule has 0 aromatic heterocycles. The number of carboxylic acid groups (broad SMARTS) is 1. The maximum absolute atomic E-state index is 12.6. The number of likely N-dealkylation sites (tertiary alicyclic amines) is 1. The number of benzene rings is 2. The molecule has 2 aromatic carbocycles. The number of rotatable bonds is 6. The Bertz CT molecular complexity index is 1090.